The molecule has 0 radical (unpaired) electrons. The summed E-state index contributed by atoms with van der Waals surface area (Å²) < 4.78 is 5.00. The van der Waals surface area contributed by atoms with Crippen molar-refractivity contribution < 1.29 is 4.42 Å². The molecule has 1 unspecified atom stereocenters. The first-order valence-electron chi connectivity index (χ1n) is 3.84. The molecule has 1 saturated heterocycles. The van der Waals surface area contributed by atoms with Crippen molar-refractivity contribution in [1.29, 1.82) is 0 Å². The highest BCUT2D eigenvalue weighted by Gasteiger charge is 2.19. The van der Waals surface area contributed by atoms with Crippen molar-refractivity contribution in [1.82, 2.24) is 5.32 Å². The summed E-state index contributed by atoms with van der Waals surface area (Å²) in [6.45, 7) is 1.09. The molecule has 0 spiro atoms. The molecule has 1 aromatic heterocycles. The van der Waals surface area contributed by atoms with E-state index in [0.29, 0.717) is 11.3 Å². The Labute approximate surface area is 70.5 Å². The van der Waals surface area contributed by atoms with Crippen LogP contribution in [0.15, 0.2) is 16.7 Å². The van der Waals surface area contributed by atoms with Crippen molar-refractivity contribution in [2.75, 3.05) is 6.54 Å². The van der Waals surface area contributed by atoms with Crippen molar-refractivity contribution in [2.24, 2.45) is 0 Å². The first kappa shape index (κ1) is 7.19. The number of nitrogens with one attached hydrogen (secondary N) is 1. The van der Waals surface area contributed by atoms with Crippen LogP contribution in [0.4, 0.5) is 0 Å². The molecule has 2 heterocycles. The Kier molecular flexibility index (Phi) is 1.88. The van der Waals surface area contributed by atoms with Crippen molar-refractivity contribution in [3.63, 3.8) is 0 Å². The van der Waals surface area contributed by atoms with Crippen molar-refractivity contribution in [2.45, 2.75) is 18.9 Å². The Morgan fingerprint density at radius 1 is 1.64 bits per heavy atom. The molecule has 1 aliphatic rings. The zero-order valence-electron chi connectivity index (χ0n) is 6.14. The zero-order chi connectivity index (χ0) is 7.68. The van der Waals surface area contributed by atoms with E-state index in [9.17, 15) is 0 Å². The van der Waals surface area contributed by atoms with Crippen LogP contribution in [0.25, 0.3) is 0 Å². The molecule has 0 aliphatic carbocycles. The fourth-order valence-electron chi connectivity index (χ4n) is 1.50. The molecule has 0 saturated carbocycles. The molecule has 1 aliphatic heterocycles. The third-order valence-electron chi connectivity index (χ3n) is 2.08. The maximum atomic E-state index is 5.81. The number of furan rings is 1. The Hall–Kier alpha value is -0.470. The van der Waals surface area contributed by atoms with E-state index >= 15 is 0 Å². The van der Waals surface area contributed by atoms with Crippen LogP contribution in [-0.4, -0.2) is 6.54 Å². The molecular formula is C8H10ClNO. The summed E-state index contributed by atoms with van der Waals surface area (Å²) in [4.78, 5) is 0. The minimum absolute atomic E-state index is 0.418. The molecule has 0 aromatic carbocycles. The van der Waals surface area contributed by atoms with Gasteiger partial charge in [0.2, 0.25) is 0 Å². The summed E-state index contributed by atoms with van der Waals surface area (Å²) in [7, 11) is 0. The van der Waals surface area contributed by atoms with Gasteiger partial charge in [0.05, 0.1) is 6.26 Å². The van der Waals surface area contributed by atoms with Crippen molar-refractivity contribution in [3.05, 3.63) is 23.1 Å². The molecule has 1 fully saturated rings. The second-order valence-corrected chi connectivity index (χ2v) is 3.14. The third-order valence-corrected chi connectivity index (χ3v) is 2.39. The van der Waals surface area contributed by atoms with Gasteiger partial charge in [-0.25, -0.2) is 0 Å². The maximum Gasteiger partial charge on any atom is 0.197 e. The van der Waals surface area contributed by atoms with Crippen LogP contribution in [-0.2, 0) is 0 Å². The molecule has 3 heteroatoms. The lowest BCUT2D eigenvalue weighted by molar-refractivity contribution is 0.555. The third kappa shape index (κ3) is 1.28. The maximum absolute atomic E-state index is 5.81. The molecule has 2 rings (SSSR count). The lowest BCUT2D eigenvalue weighted by Crippen LogP contribution is -2.12. The van der Waals surface area contributed by atoms with E-state index in [4.69, 9.17) is 16.0 Å². The second-order valence-electron chi connectivity index (χ2n) is 2.80. The highest BCUT2D eigenvalue weighted by atomic mass is 35.5. The van der Waals surface area contributed by atoms with Crippen LogP contribution in [0.3, 0.4) is 0 Å². The number of hydrogen-bond acceptors (Lipinski definition) is 2. The average Bonchev–Trinajstić information content (AvgIpc) is 2.55. The van der Waals surface area contributed by atoms with Gasteiger partial charge in [-0.2, -0.15) is 0 Å². The minimum Gasteiger partial charge on any atom is -0.453 e. The largest absolute Gasteiger partial charge is 0.453 e. The molecule has 1 atom stereocenters. The molecule has 1 aromatic rings. The van der Waals surface area contributed by atoms with Crippen LogP contribution in [0.5, 0.6) is 0 Å². The van der Waals surface area contributed by atoms with Crippen molar-refractivity contribution >= 4 is 11.6 Å². The topological polar surface area (TPSA) is 25.2 Å². The number of halogens is 1. The number of rotatable bonds is 1. The van der Waals surface area contributed by atoms with Crippen LogP contribution >= 0.6 is 11.6 Å². The van der Waals surface area contributed by atoms with Gasteiger partial charge >= 0.3 is 0 Å². The Balaban J connectivity index is 2.21. The summed E-state index contributed by atoms with van der Waals surface area (Å²) >= 11 is 5.81. The lowest BCUT2D eigenvalue weighted by atomic mass is 10.1. The Morgan fingerprint density at radius 2 is 2.55 bits per heavy atom. The molecule has 60 valence electrons. The van der Waals surface area contributed by atoms with Gasteiger partial charge in [0.25, 0.3) is 0 Å². The quantitative estimate of drug-likeness (QED) is 0.702. The highest BCUT2D eigenvalue weighted by Crippen LogP contribution is 2.29. The van der Waals surface area contributed by atoms with E-state index in [1.54, 1.807) is 6.26 Å². The van der Waals surface area contributed by atoms with Gasteiger partial charge in [-0.05, 0) is 37.1 Å². The van der Waals surface area contributed by atoms with E-state index in [0.717, 1.165) is 12.1 Å². The summed E-state index contributed by atoms with van der Waals surface area (Å²) in [6, 6.07) is 2.35. The van der Waals surface area contributed by atoms with Gasteiger partial charge in [-0.1, -0.05) is 0 Å². The summed E-state index contributed by atoms with van der Waals surface area (Å²) in [6.07, 6.45) is 4.03. The molecule has 0 bridgehead atoms. The van der Waals surface area contributed by atoms with E-state index < -0.39 is 0 Å². The first-order chi connectivity index (χ1) is 5.38. The number of hydrogen-bond donors (Lipinski definition) is 1. The summed E-state index contributed by atoms with van der Waals surface area (Å²) in [5.41, 5.74) is 1.10. The SMILES string of the molecule is Clc1occc1C1CCCN1. The van der Waals surface area contributed by atoms with Gasteiger partial charge < -0.3 is 9.73 Å². The summed E-state index contributed by atoms with van der Waals surface area (Å²) in [5.74, 6) is 0. The summed E-state index contributed by atoms with van der Waals surface area (Å²) in [5, 5.41) is 3.89. The highest BCUT2D eigenvalue weighted by molar-refractivity contribution is 6.29. The average molecular weight is 172 g/mol. The predicted molar refractivity (Wildman–Crippen MR) is 43.7 cm³/mol. The van der Waals surface area contributed by atoms with Gasteiger partial charge in [0.15, 0.2) is 5.22 Å². The van der Waals surface area contributed by atoms with Gasteiger partial charge in [-0.3, -0.25) is 0 Å². The normalized spacial score (nSPS) is 24.3. The van der Waals surface area contributed by atoms with Crippen LogP contribution in [0, 0.1) is 0 Å². The van der Waals surface area contributed by atoms with Gasteiger partial charge in [0, 0.05) is 11.6 Å². The smallest absolute Gasteiger partial charge is 0.197 e. The van der Waals surface area contributed by atoms with Gasteiger partial charge in [-0.15, -0.1) is 0 Å². The Bertz CT molecular complexity index is 240. The second kappa shape index (κ2) is 2.88. The molecule has 11 heavy (non-hydrogen) atoms. The lowest BCUT2D eigenvalue weighted by Gasteiger charge is -2.06. The minimum atomic E-state index is 0.418. The standard InChI is InChI=1S/C8H10ClNO/c9-8-6(3-5-11-8)7-2-1-4-10-7/h3,5,7,10H,1-2,4H2. The fourth-order valence-corrected chi connectivity index (χ4v) is 1.75. The van der Waals surface area contributed by atoms with E-state index in [1.807, 2.05) is 6.07 Å². The van der Waals surface area contributed by atoms with Crippen molar-refractivity contribution in [3.8, 4) is 0 Å². The first-order valence-corrected chi connectivity index (χ1v) is 4.22. The van der Waals surface area contributed by atoms with E-state index in [2.05, 4.69) is 5.32 Å². The predicted octanol–water partition coefficient (Wildman–Crippen LogP) is 2.36. The fraction of sp³-hybridized carbons (Fsp3) is 0.500. The molecule has 2 nitrogen and oxygen atoms in total. The van der Waals surface area contributed by atoms with E-state index in [1.165, 1.54) is 12.8 Å². The zero-order valence-corrected chi connectivity index (χ0v) is 6.90. The van der Waals surface area contributed by atoms with Crippen LogP contribution in [0.2, 0.25) is 5.22 Å². The molecule has 1 N–H and O–H groups in total. The molecule has 0 amide bonds. The van der Waals surface area contributed by atoms with Crippen LogP contribution in [0.1, 0.15) is 24.4 Å². The molecular weight excluding hydrogens is 162 g/mol. The van der Waals surface area contributed by atoms with Crippen LogP contribution < -0.4 is 5.32 Å². The Morgan fingerprint density at radius 3 is 3.09 bits per heavy atom. The van der Waals surface area contributed by atoms with E-state index in [-0.39, 0.29) is 0 Å². The van der Waals surface area contributed by atoms with Gasteiger partial charge in [0.1, 0.15) is 0 Å². The monoisotopic (exact) mass is 171 g/mol.